The highest BCUT2D eigenvalue weighted by Gasteiger charge is 2.41. The van der Waals surface area contributed by atoms with Gasteiger partial charge in [0, 0.05) is 11.1 Å². The van der Waals surface area contributed by atoms with Crippen LogP contribution in [0.25, 0.3) is 11.3 Å². The number of pyridine rings is 1. The molecule has 0 aliphatic carbocycles. The number of hydrogen-bond donors (Lipinski definition) is 2. The monoisotopic (exact) mass is 509 g/mol. The smallest absolute Gasteiger partial charge is 0.323 e. The van der Waals surface area contributed by atoms with Crippen molar-refractivity contribution in [1.29, 1.82) is 5.26 Å². The molecule has 1 atom stereocenters. The number of amides is 4. The predicted molar refractivity (Wildman–Crippen MR) is 137 cm³/mol. The number of carbonyl (C=O) groups is 3. The van der Waals surface area contributed by atoms with E-state index in [2.05, 4.69) is 28.2 Å². The van der Waals surface area contributed by atoms with E-state index < -0.39 is 11.7 Å². The zero-order valence-electron chi connectivity index (χ0n) is 20.9. The first kappa shape index (κ1) is 25.7. The second-order valence-electron chi connectivity index (χ2n) is 8.39. The summed E-state index contributed by atoms with van der Waals surface area (Å²) in [6.45, 7) is 1.72. The second-order valence-corrected chi connectivity index (χ2v) is 8.39. The third kappa shape index (κ3) is 5.11. The van der Waals surface area contributed by atoms with Gasteiger partial charge in [-0.1, -0.05) is 18.2 Å². The summed E-state index contributed by atoms with van der Waals surface area (Å²) in [5.41, 5.74) is 1.61. The number of carbonyl (C=O) groups excluding carboxylic acids is 3. The van der Waals surface area contributed by atoms with Crippen LogP contribution in [0, 0.1) is 23.2 Å². The van der Waals surface area contributed by atoms with Gasteiger partial charge in [0.05, 0.1) is 38.1 Å². The summed E-state index contributed by atoms with van der Waals surface area (Å²) in [5, 5.41) is 13.9. The Bertz CT molecular complexity index is 1530. The first-order valence-corrected chi connectivity index (χ1v) is 11.4. The summed E-state index contributed by atoms with van der Waals surface area (Å²) in [7, 11) is 2.98. The van der Waals surface area contributed by atoms with E-state index >= 15 is 0 Å². The summed E-state index contributed by atoms with van der Waals surface area (Å²) < 4.78 is 10.7. The maximum atomic E-state index is 13.4. The molecule has 2 heterocycles. The fourth-order valence-electron chi connectivity index (χ4n) is 4.04. The van der Waals surface area contributed by atoms with E-state index in [-0.39, 0.29) is 24.6 Å². The van der Waals surface area contributed by atoms with Crippen molar-refractivity contribution in [2.45, 2.75) is 19.1 Å². The number of fused-ring (bicyclic) bond motifs is 1. The van der Waals surface area contributed by atoms with E-state index in [1.54, 1.807) is 55.5 Å². The average Bonchev–Trinajstić information content (AvgIpc) is 3.28. The molecular formula is C28H23N5O5. The third-order valence-electron chi connectivity index (χ3n) is 6.00. The van der Waals surface area contributed by atoms with Gasteiger partial charge < -0.3 is 19.7 Å². The topological polar surface area (TPSA) is 134 Å². The Balaban J connectivity index is 1.77. The van der Waals surface area contributed by atoms with Gasteiger partial charge in [0.2, 0.25) is 6.41 Å². The first-order chi connectivity index (χ1) is 18.3. The van der Waals surface area contributed by atoms with Crippen LogP contribution in [-0.4, -0.2) is 48.1 Å². The molecule has 0 spiro atoms. The highest BCUT2D eigenvalue weighted by atomic mass is 16.5. The third-order valence-corrected chi connectivity index (χ3v) is 6.00. The summed E-state index contributed by atoms with van der Waals surface area (Å²) in [4.78, 5) is 42.6. The Morgan fingerprint density at radius 3 is 2.68 bits per heavy atom. The molecule has 4 rings (SSSR count). The molecule has 1 aliphatic heterocycles. The van der Waals surface area contributed by atoms with Crippen molar-refractivity contribution >= 4 is 18.3 Å². The van der Waals surface area contributed by atoms with Gasteiger partial charge >= 0.3 is 6.03 Å². The molecule has 0 bridgehead atoms. The second kappa shape index (κ2) is 10.7. The molecule has 0 unspecified atom stereocenters. The van der Waals surface area contributed by atoms with Crippen molar-refractivity contribution in [3.8, 4) is 40.7 Å². The Morgan fingerprint density at radius 1 is 1.16 bits per heavy atom. The molecule has 0 radical (unpaired) electrons. The van der Waals surface area contributed by atoms with Crippen LogP contribution in [0.3, 0.4) is 0 Å². The Hall–Kier alpha value is -5.35. The molecule has 3 aromatic rings. The molecule has 4 amide bonds. The number of benzene rings is 2. The number of nitrogens with one attached hydrogen (secondary N) is 2. The Kier molecular flexibility index (Phi) is 7.26. The molecule has 10 nitrogen and oxygen atoms in total. The molecule has 2 N–H and O–H groups in total. The van der Waals surface area contributed by atoms with E-state index in [1.807, 2.05) is 11.4 Å². The molecule has 0 saturated heterocycles. The minimum atomic E-state index is -1.54. The van der Waals surface area contributed by atoms with Crippen molar-refractivity contribution in [3.63, 3.8) is 0 Å². The number of methoxy groups -OCH3 is 2. The lowest BCUT2D eigenvalue weighted by molar-refractivity contribution is -0.108. The predicted octanol–water partition coefficient (Wildman–Crippen LogP) is 2.82. The van der Waals surface area contributed by atoms with E-state index in [0.717, 1.165) is 5.56 Å². The zero-order valence-corrected chi connectivity index (χ0v) is 20.9. The summed E-state index contributed by atoms with van der Waals surface area (Å²) in [6, 6.07) is 16.8. The van der Waals surface area contributed by atoms with Crippen LogP contribution >= 0.6 is 0 Å². The summed E-state index contributed by atoms with van der Waals surface area (Å²) >= 11 is 0. The minimum Gasteiger partial charge on any atom is -0.497 e. The largest absolute Gasteiger partial charge is 0.497 e. The fraction of sp³-hybridized carbons (Fsp3) is 0.179. The first-order valence-electron chi connectivity index (χ1n) is 11.4. The van der Waals surface area contributed by atoms with E-state index in [0.29, 0.717) is 33.9 Å². The lowest BCUT2D eigenvalue weighted by atomic mass is 10.1. The van der Waals surface area contributed by atoms with Gasteiger partial charge in [0.1, 0.15) is 5.75 Å². The number of ether oxygens (including phenoxy) is 2. The minimum absolute atomic E-state index is 0.163. The van der Waals surface area contributed by atoms with Gasteiger partial charge in [-0.2, -0.15) is 5.26 Å². The van der Waals surface area contributed by atoms with Crippen LogP contribution in [0.15, 0.2) is 54.6 Å². The van der Waals surface area contributed by atoms with Crippen LogP contribution in [0.2, 0.25) is 0 Å². The average molecular weight is 510 g/mol. The van der Waals surface area contributed by atoms with Gasteiger partial charge in [-0.3, -0.25) is 14.9 Å². The SMILES string of the molecule is COc1ccc2c(c1)C(=O)N([C@@](C)(C#Cc1nc(-c3cccc(C#N)c3)ccc1OC)NC(=O)NC=O)C2. The van der Waals surface area contributed by atoms with Crippen molar-refractivity contribution in [2.24, 2.45) is 0 Å². The Morgan fingerprint density at radius 2 is 1.97 bits per heavy atom. The fourth-order valence-corrected chi connectivity index (χ4v) is 4.04. The maximum absolute atomic E-state index is 13.4. The number of urea groups is 1. The molecule has 0 fully saturated rings. The molecule has 2 aromatic carbocycles. The van der Waals surface area contributed by atoms with Crippen molar-refractivity contribution in [1.82, 2.24) is 20.5 Å². The number of hydrogen-bond acceptors (Lipinski definition) is 7. The van der Waals surface area contributed by atoms with E-state index in [1.165, 1.54) is 19.1 Å². The van der Waals surface area contributed by atoms with Gasteiger partial charge in [0.15, 0.2) is 17.1 Å². The van der Waals surface area contributed by atoms with Crippen LogP contribution in [0.4, 0.5) is 4.79 Å². The zero-order chi connectivity index (χ0) is 27.3. The summed E-state index contributed by atoms with van der Waals surface area (Å²) in [5.74, 6) is 6.41. The highest BCUT2D eigenvalue weighted by molar-refractivity contribution is 6.00. The molecule has 1 aromatic heterocycles. The van der Waals surface area contributed by atoms with Crippen molar-refractivity contribution < 1.29 is 23.9 Å². The highest BCUT2D eigenvalue weighted by Crippen LogP contribution is 2.31. The number of rotatable bonds is 6. The molecule has 10 heteroatoms. The van der Waals surface area contributed by atoms with Crippen LogP contribution in [0.1, 0.15) is 34.1 Å². The van der Waals surface area contributed by atoms with Gasteiger partial charge in [-0.05, 0) is 60.7 Å². The Labute approximate surface area is 219 Å². The van der Waals surface area contributed by atoms with Gasteiger partial charge in [-0.25, -0.2) is 9.78 Å². The standard InChI is InChI=1S/C28H23N5O5/c1-28(32-27(36)30-17-34,33-16-20-7-8-21(37-2)14-22(20)26(33)35)12-11-24-25(38-3)10-9-23(31-24)19-6-4-5-18(13-19)15-29/h4-10,13-14,17H,16H2,1-3H3,(H2,30,32,34,36)/t28-/m0/s1. The van der Waals surface area contributed by atoms with Crippen LogP contribution < -0.4 is 20.1 Å². The van der Waals surface area contributed by atoms with Crippen molar-refractivity contribution in [2.75, 3.05) is 14.2 Å². The van der Waals surface area contributed by atoms with Crippen LogP contribution in [0.5, 0.6) is 11.5 Å². The molecule has 38 heavy (non-hydrogen) atoms. The maximum Gasteiger partial charge on any atom is 0.323 e. The van der Waals surface area contributed by atoms with E-state index in [9.17, 15) is 19.6 Å². The van der Waals surface area contributed by atoms with Crippen molar-refractivity contribution in [3.05, 3.63) is 77.0 Å². The van der Waals surface area contributed by atoms with E-state index in [4.69, 9.17) is 9.47 Å². The normalized spacial score (nSPS) is 13.2. The van der Waals surface area contributed by atoms with Gasteiger partial charge in [0.25, 0.3) is 5.91 Å². The molecule has 190 valence electrons. The lowest BCUT2D eigenvalue weighted by Gasteiger charge is -2.34. The molecule has 0 saturated carbocycles. The van der Waals surface area contributed by atoms with Crippen LogP contribution in [-0.2, 0) is 11.3 Å². The molecular weight excluding hydrogens is 486 g/mol. The lowest BCUT2D eigenvalue weighted by Crippen LogP contribution is -2.59. The number of aromatic nitrogens is 1. The van der Waals surface area contributed by atoms with Gasteiger partial charge in [-0.15, -0.1) is 0 Å². The number of imide groups is 1. The number of nitrogens with zero attached hydrogens (tertiary/aromatic N) is 3. The quantitative estimate of drug-likeness (QED) is 0.386. The molecule has 1 aliphatic rings. The number of nitriles is 1. The summed E-state index contributed by atoms with van der Waals surface area (Å²) in [6.07, 6.45) is 0.234.